The van der Waals surface area contributed by atoms with E-state index in [1.54, 1.807) is 11.3 Å². The minimum atomic E-state index is -0.142. The van der Waals surface area contributed by atoms with Gasteiger partial charge >= 0.3 is 0 Å². The lowest BCUT2D eigenvalue weighted by atomic mass is 9.72. The second-order valence-corrected chi connectivity index (χ2v) is 12.3. The Morgan fingerprint density at radius 1 is 1.34 bits per heavy atom. The first-order valence-corrected chi connectivity index (χ1v) is 13.5. The van der Waals surface area contributed by atoms with Crippen molar-refractivity contribution < 1.29 is 4.79 Å². The predicted molar refractivity (Wildman–Crippen MR) is 144 cm³/mol. The minimum absolute atomic E-state index is 0.142. The van der Waals surface area contributed by atoms with Gasteiger partial charge in [0, 0.05) is 37.3 Å². The number of benzene rings is 1. The molecular weight excluding hydrogens is 476 g/mol. The van der Waals surface area contributed by atoms with Gasteiger partial charge in [0.05, 0.1) is 11.3 Å². The van der Waals surface area contributed by atoms with E-state index in [9.17, 15) is 10.1 Å². The smallest absolute Gasteiger partial charge is 0.235 e. The maximum atomic E-state index is 12.8. The average molecular weight is 509 g/mol. The molecule has 0 spiro atoms. The summed E-state index contributed by atoms with van der Waals surface area (Å²) < 4.78 is 1.91. The van der Waals surface area contributed by atoms with Crippen molar-refractivity contribution in [2.45, 2.75) is 45.2 Å². The van der Waals surface area contributed by atoms with Gasteiger partial charge in [-0.05, 0) is 48.3 Å². The number of anilines is 2. The molecule has 0 saturated heterocycles. The average Bonchev–Trinajstić information content (AvgIpc) is 3.35. The van der Waals surface area contributed by atoms with Crippen LogP contribution in [0.3, 0.4) is 0 Å². The van der Waals surface area contributed by atoms with Crippen LogP contribution in [0.4, 0.5) is 10.7 Å². The van der Waals surface area contributed by atoms with Crippen LogP contribution in [-0.4, -0.2) is 40.5 Å². The van der Waals surface area contributed by atoms with Crippen LogP contribution in [0.5, 0.6) is 0 Å². The molecule has 1 amide bonds. The van der Waals surface area contributed by atoms with Crippen molar-refractivity contribution in [1.82, 2.24) is 14.8 Å². The maximum Gasteiger partial charge on any atom is 0.235 e. The highest BCUT2D eigenvalue weighted by Crippen LogP contribution is 2.44. The maximum absolute atomic E-state index is 12.8. The first-order valence-electron chi connectivity index (χ1n) is 11.7. The molecule has 184 valence electrons. The highest BCUT2D eigenvalue weighted by atomic mass is 32.2. The fourth-order valence-electron chi connectivity index (χ4n) is 4.44. The van der Waals surface area contributed by atoms with E-state index in [4.69, 9.17) is 0 Å². The largest absolute Gasteiger partial charge is 0.378 e. The van der Waals surface area contributed by atoms with Gasteiger partial charge in [-0.3, -0.25) is 4.79 Å². The number of carbonyl (C=O) groups is 1. The lowest BCUT2D eigenvalue weighted by molar-refractivity contribution is -0.113. The zero-order valence-corrected chi connectivity index (χ0v) is 22.8. The molecule has 2 heterocycles. The van der Waals surface area contributed by atoms with E-state index in [-0.39, 0.29) is 17.1 Å². The van der Waals surface area contributed by atoms with Crippen molar-refractivity contribution in [1.29, 1.82) is 5.26 Å². The number of hydrogen-bond acceptors (Lipinski definition) is 7. The van der Waals surface area contributed by atoms with E-state index in [1.807, 2.05) is 48.8 Å². The standard InChI is InChI=1S/C26H32N6OS2/c1-26(2,3)17-10-11-19-20(14-27)24(35-21(19)13-17)28-22(33)15-34-25-30-29-23(32(25)6)16-8-7-9-18(12-16)31(4)5/h7-9,12,17H,10-11,13,15H2,1-6H3,(H,28,33). The van der Waals surface area contributed by atoms with Gasteiger partial charge in [0.1, 0.15) is 11.1 Å². The minimum Gasteiger partial charge on any atom is -0.378 e. The Labute approximate surface area is 215 Å². The molecule has 1 unspecified atom stereocenters. The number of thiophene rings is 1. The predicted octanol–water partition coefficient (Wildman–Crippen LogP) is 5.36. The third-order valence-corrected chi connectivity index (χ3v) is 8.83. The van der Waals surface area contributed by atoms with E-state index >= 15 is 0 Å². The highest BCUT2D eigenvalue weighted by Gasteiger charge is 2.32. The van der Waals surface area contributed by atoms with Crippen LogP contribution in [0.1, 0.15) is 43.2 Å². The second-order valence-electron chi connectivity index (χ2n) is 10.3. The number of nitrogens with one attached hydrogen (secondary N) is 1. The quantitative estimate of drug-likeness (QED) is 0.451. The summed E-state index contributed by atoms with van der Waals surface area (Å²) in [5.41, 5.74) is 4.05. The summed E-state index contributed by atoms with van der Waals surface area (Å²) in [5, 5.41) is 22.8. The Morgan fingerprint density at radius 2 is 2.11 bits per heavy atom. The van der Waals surface area contributed by atoms with Gasteiger partial charge in [0.2, 0.25) is 5.91 Å². The number of rotatable bonds is 6. The number of thioether (sulfide) groups is 1. The Morgan fingerprint density at radius 3 is 2.80 bits per heavy atom. The van der Waals surface area contributed by atoms with Crippen molar-refractivity contribution in [3.8, 4) is 17.5 Å². The van der Waals surface area contributed by atoms with Gasteiger partial charge in [-0.1, -0.05) is 44.7 Å². The molecule has 4 rings (SSSR count). The molecule has 1 aliphatic rings. The number of amides is 1. The molecule has 0 fully saturated rings. The molecule has 1 aliphatic carbocycles. The van der Waals surface area contributed by atoms with Crippen molar-refractivity contribution >= 4 is 39.7 Å². The Balaban J connectivity index is 1.43. The zero-order chi connectivity index (χ0) is 25.3. The Hall–Kier alpha value is -2.83. The van der Waals surface area contributed by atoms with Crippen LogP contribution in [0.2, 0.25) is 0 Å². The second kappa shape index (κ2) is 10.0. The number of carbonyl (C=O) groups excluding carboxylic acids is 1. The molecule has 1 N–H and O–H groups in total. The van der Waals surface area contributed by atoms with E-state index in [0.717, 1.165) is 41.9 Å². The first-order chi connectivity index (χ1) is 16.6. The number of fused-ring (bicyclic) bond motifs is 1. The summed E-state index contributed by atoms with van der Waals surface area (Å²) in [7, 11) is 5.91. The van der Waals surface area contributed by atoms with Gasteiger partial charge in [0.25, 0.3) is 0 Å². The molecule has 0 aliphatic heterocycles. The van der Waals surface area contributed by atoms with Crippen LogP contribution in [-0.2, 0) is 24.7 Å². The SMILES string of the molecule is CN(C)c1cccc(-c2nnc(SCC(=O)Nc3sc4c(c3C#N)CCC(C(C)(C)C)C4)n2C)c1. The molecule has 0 saturated carbocycles. The fourth-order valence-corrected chi connectivity index (χ4v) is 6.44. The number of nitrogens with zero attached hydrogens (tertiary/aromatic N) is 5. The lowest BCUT2D eigenvalue weighted by Crippen LogP contribution is -2.26. The van der Waals surface area contributed by atoms with Crippen LogP contribution >= 0.6 is 23.1 Å². The molecule has 1 atom stereocenters. The number of hydrogen-bond donors (Lipinski definition) is 1. The van der Waals surface area contributed by atoms with Gasteiger partial charge < -0.3 is 14.8 Å². The summed E-state index contributed by atoms with van der Waals surface area (Å²) in [6.45, 7) is 6.83. The van der Waals surface area contributed by atoms with Crippen LogP contribution in [0, 0.1) is 22.7 Å². The summed E-state index contributed by atoms with van der Waals surface area (Å²) in [4.78, 5) is 16.1. The molecule has 2 aromatic heterocycles. The van der Waals surface area contributed by atoms with E-state index in [1.165, 1.54) is 16.6 Å². The molecule has 0 bridgehead atoms. The summed E-state index contributed by atoms with van der Waals surface area (Å²) in [5.74, 6) is 1.39. The molecular formula is C26H32N6OS2. The number of aromatic nitrogens is 3. The van der Waals surface area contributed by atoms with Crippen molar-refractivity contribution in [3.63, 3.8) is 0 Å². The van der Waals surface area contributed by atoms with Crippen LogP contribution in [0.15, 0.2) is 29.4 Å². The molecule has 0 radical (unpaired) electrons. The monoisotopic (exact) mass is 508 g/mol. The van der Waals surface area contributed by atoms with Crippen LogP contribution in [0.25, 0.3) is 11.4 Å². The third kappa shape index (κ3) is 5.39. The van der Waals surface area contributed by atoms with Gasteiger partial charge in [-0.2, -0.15) is 5.26 Å². The topological polar surface area (TPSA) is 86.8 Å². The normalized spacial score (nSPS) is 15.4. The van der Waals surface area contributed by atoms with Crippen molar-refractivity contribution in [3.05, 3.63) is 40.3 Å². The molecule has 7 nitrogen and oxygen atoms in total. The van der Waals surface area contributed by atoms with Crippen LogP contribution < -0.4 is 10.2 Å². The summed E-state index contributed by atoms with van der Waals surface area (Å²) in [6.07, 6.45) is 2.95. The lowest BCUT2D eigenvalue weighted by Gasteiger charge is -2.33. The van der Waals surface area contributed by atoms with Gasteiger partial charge in [-0.15, -0.1) is 21.5 Å². The van der Waals surface area contributed by atoms with E-state index in [0.29, 0.717) is 21.6 Å². The Bertz CT molecular complexity index is 1280. The van der Waals surface area contributed by atoms with E-state index in [2.05, 4.69) is 48.4 Å². The van der Waals surface area contributed by atoms with Gasteiger partial charge in [0.15, 0.2) is 11.0 Å². The summed E-state index contributed by atoms with van der Waals surface area (Å²) in [6, 6.07) is 10.4. The molecule has 35 heavy (non-hydrogen) atoms. The molecule has 9 heteroatoms. The zero-order valence-electron chi connectivity index (χ0n) is 21.2. The summed E-state index contributed by atoms with van der Waals surface area (Å²) >= 11 is 2.90. The highest BCUT2D eigenvalue weighted by molar-refractivity contribution is 7.99. The fraction of sp³-hybridized carbons (Fsp3) is 0.462. The molecule has 3 aromatic rings. The third-order valence-electron chi connectivity index (χ3n) is 6.64. The van der Waals surface area contributed by atoms with E-state index < -0.39 is 0 Å². The van der Waals surface area contributed by atoms with Crippen molar-refractivity contribution in [2.24, 2.45) is 18.4 Å². The Kier molecular flexibility index (Phi) is 7.25. The number of nitriles is 1. The van der Waals surface area contributed by atoms with Gasteiger partial charge in [-0.25, -0.2) is 0 Å². The first kappa shape index (κ1) is 25.3. The van der Waals surface area contributed by atoms with Crippen molar-refractivity contribution in [2.75, 3.05) is 30.1 Å². The molecule has 1 aromatic carbocycles.